The van der Waals surface area contributed by atoms with Gasteiger partial charge in [0.25, 0.3) is 5.91 Å². The Kier molecular flexibility index (Phi) is 7.68. The van der Waals surface area contributed by atoms with Gasteiger partial charge in [-0.05, 0) is 121 Å². The van der Waals surface area contributed by atoms with Crippen LogP contribution in [-0.4, -0.2) is 68.7 Å². The smallest absolute Gasteiger partial charge is 0.251 e. The van der Waals surface area contributed by atoms with Crippen molar-refractivity contribution < 1.29 is 4.79 Å². The minimum absolute atomic E-state index is 0.0717. The molecule has 4 atom stereocenters. The highest BCUT2D eigenvalue weighted by Gasteiger charge is 2.55. The average Bonchev–Trinajstić information content (AvgIpc) is 3.91. The molecule has 4 aliphatic rings. The molecule has 0 bridgehead atoms. The van der Waals surface area contributed by atoms with Gasteiger partial charge in [0, 0.05) is 48.2 Å². The van der Waals surface area contributed by atoms with Crippen LogP contribution < -0.4 is 16.0 Å². The molecule has 7 rings (SSSR count). The van der Waals surface area contributed by atoms with Gasteiger partial charge in [0.15, 0.2) is 5.82 Å². The number of amides is 1. The SMILES string of the molecule is C=C(NCC)c1ccc2c(c1)CCc1cc(C(=O)NCC)ccc1C2(CC1(NCC(=C)N2C(C#N)C[C@@H]3C[C@@H]32)CC1)c1nnn[nH]1. The zero-order valence-electron chi connectivity index (χ0n) is 26.8. The molecule has 1 saturated heterocycles. The molecule has 3 aliphatic carbocycles. The molecule has 10 nitrogen and oxygen atoms in total. The van der Waals surface area contributed by atoms with Crippen molar-refractivity contribution in [2.45, 2.75) is 81.8 Å². The Morgan fingerprint density at radius 1 is 1.04 bits per heavy atom. The number of tetrazole rings is 1. The fourth-order valence-electron chi connectivity index (χ4n) is 8.11. The van der Waals surface area contributed by atoms with Crippen molar-refractivity contribution in [1.82, 2.24) is 41.5 Å². The quantitative estimate of drug-likeness (QED) is 0.240. The van der Waals surface area contributed by atoms with Crippen LogP contribution in [-0.2, 0) is 18.3 Å². The maximum atomic E-state index is 13.0. The van der Waals surface area contributed by atoms with Crippen LogP contribution >= 0.6 is 0 Å². The third-order valence-corrected chi connectivity index (χ3v) is 10.6. The minimum Gasteiger partial charge on any atom is -0.385 e. The first kappa shape index (κ1) is 30.2. The maximum absolute atomic E-state index is 13.0. The first-order valence-electron chi connectivity index (χ1n) is 16.7. The molecule has 1 aliphatic heterocycles. The summed E-state index contributed by atoms with van der Waals surface area (Å²) >= 11 is 0. The summed E-state index contributed by atoms with van der Waals surface area (Å²) in [5, 5.41) is 36.0. The number of piperidine rings is 1. The van der Waals surface area contributed by atoms with E-state index in [1.165, 1.54) is 11.1 Å². The number of benzene rings is 2. The lowest BCUT2D eigenvalue weighted by Crippen LogP contribution is -2.45. The molecule has 1 amide bonds. The predicted molar refractivity (Wildman–Crippen MR) is 177 cm³/mol. The largest absolute Gasteiger partial charge is 0.385 e. The van der Waals surface area contributed by atoms with Gasteiger partial charge in [0.1, 0.15) is 6.04 Å². The van der Waals surface area contributed by atoms with Crippen LogP contribution in [0.1, 0.15) is 90.0 Å². The van der Waals surface area contributed by atoms with Crippen LogP contribution in [0.5, 0.6) is 0 Å². The first-order valence-corrected chi connectivity index (χ1v) is 16.7. The van der Waals surface area contributed by atoms with Crippen LogP contribution in [0.3, 0.4) is 0 Å². The second kappa shape index (κ2) is 11.7. The van der Waals surface area contributed by atoms with E-state index < -0.39 is 5.41 Å². The topological polar surface area (TPSA) is 135 Å². The minimum atomic E-state index is -0.697. The maximum Gasteiger partial charge on any atom is 0.251 e. The van der Waals surface area contributed by atoms with E-state index in [1.807, 2.05) is 13.0 Å². The molecule has 3 fully saturated rings. The molecule has 10 heteroatoms. The number of nitrogens with one attached hydrogen (secondary N) is 4. The molecule has 4 N–H and O–H groups in total. The van der Waals surface area contributed by atoms with Gasteiger partial charge >= 0.3 is 0 Å². The van der Waals surface area contributed by atoms with E-state index >= 15 is 0 Å². The normalized spacial score (nSPS) is 24.9. The van der Waals surface area contributed by atoms with Crippen LogP contribution in [0.15, 0.2) is 55.3 Å². The Hall–Kier alpha value is -4.49. The number of carbonyl (C=O) groups excluding carboxylic acids is 1. The van der Waals surface area contributed by atoms with Gasteiger partial charge in [0.05, 0.1) is 11.5 Å². The number of fused-ring (bicyclic) bond motifs is 3. The number of aromatic amines is 1. The zero-order chi connectivity index (χ0) is 32.1. The Morgan fingerprint density at radius 2 is 1.74 bits per heavy atom. The van der Waals surface area contributed by atoms with E-state index in [-0.39, 0.29) is 17.5 Å². The van der Waals surface area contributed by atoms with Crippen LogP contribution in [0.25, 0.3) is 5.70 Å². The van der Waals surface area contributed by atoms with Gasteiger partial charge in [-0.15, -0.1) is 5.10 Å². The van der Waals surface area contributed by atoms with Gasteiger partial charge in [-0.1, -0.05) is 31.4 Å². The third kappa shape index (κ3) is 5.17. The summed E-state index contributed by atoms with van der Waals surface area (Å²) in [6, 6.07) is 15.6. The number of nitriles is 1. The first-order chi connectivity index (χ1) is 22.3. The lowest BCUT2D eigenvalue weighted by Gasteiger charge is -2.38. The van der Waals surface area contributed by atoms with Crippen molar-refractivity contribution in [3.8, 4) is 6.07 Å². The Bertz CT molecular complexity index is 1650. The van der Waals surface area contributed by atoms with Crippen molar-refractivity contribution in [2.75, 3.05) is 19.6 Å². The number of aromatic nitrogens is 4. The van der Waals surface area contributed by atoms with E-state index in [2.05, 4.69) is 98.0 Å². The molecule has 238 valence electrons. The summed E-state index contributed by atoms with van der Waals surface area (Å²) < 4.78 is 0. The van der Waals surface area contributed by atoms with Crippen molar-refractivity contribution in [3.05, 3.63) is 94.5 Å². The molecule has 2 aromatic carbocycles. The Labute approximate surface area is 270 Å². The number of hydrogen-bond donors (Lipinski definition) is 4. The predicted octanol–water partition coefficient (Wildman–Crippen LogP) is 3.97. The molecule has 46 heavy (non-hydrogen) atoms. The zero-order valence-corrected chi connectivity index (χ0v) is 26.8. The highest BCUT2D eigenvalue weighted by atomic mass is 16.1. The molecule has 0 spiro atoms. The van der Waals surface area contributed by atoms with E-state index in [9.17, 15) is 10.1 Å². The van der Waals surface area contributed by atoms with E-state index in [0.717, 1.165) is 79.6 Å². The fraction of sp³-hybridized carbons (Fsp3) is 0.472. The van der Waals surface area contributed by atoms with Crippen molar-refractivity contribution in [2.24, 2.45) is 5.92 Å². The molecule has 2 unspecified atom stereocenters. The van der Waals surface area contributed by atoms with Gasteiger partial charge in [-0.25, -0.2) is 5.10 Å². The van der Waals surface area contributed by atoms with Gasteiger partial charge in [-0.2, -0.15) is 5.26 Å². The fourth-order valence-corrected chi connectivity index (χ4v) is 8.11. The van der Waals surface area contributed by atoms with Gasteiger partial charge < -0.3 is 20.9 Å². The van der Waals surface area contributed by atoms with Crippen molar-refractivity contribution in [1.29, 1.82) is 5.26 Å². The molecule has 1 aromatic heterocycles. The number of carbonyl (C=O) groups is 1. The van der Waals surface area contributed by atoms with Crippen LogP contribution in [0, 0.1) is 17.2 Å². The van der Waals surface area contributed by atoms with Crippen LogP contribution in [0.4, 0.5) is 0 Å². The van der Waals surface area contributed by atoms with E-state index in [4.69, 9.17) is 0 Å². The second-order valence-corrected chi connectivity index (χ2v) is 13.5. The Balaban J connectivity index is 1.31. The summed E-state index contributed by atoms with van der Waals surface area (Å²) in [7, 11) is 0. The van der Waals surface area contributed by atoms with Gasteiger partial charge in [-0.3, -0.25) is 4.79 Å². The third-order valence-electron chi connectivity index (χ3n) is 10.6. The molecule has 2 heterocycles. The lowest BCUT2D eigenvalue weighted by molar-refractivity contribution is 0.0955. The van der Waals surface area contributed by atoms with Crippen molar-refractivity contribution in [3.63, 3.8) is 0 Å². The summed E-state index contributed by atoms with van der Waals surface area (Å²) in [5.41, 5.74) is 7.37. The number of rotatable bonds is 12. The summed E-state index contributed by atoms with van der Waals surface area (Å²) in [5.74, 6) is 1.26. The number of aryl methyl sites for hydroxylation is 2. The highest BCUT2D eigenvalue weighted by Crippen LogP contribution is 2.54. The summed E-state index contributed by atoms with van der Waals surface area (Å²) in [6.45, 7) is 14.7. The standard InChI is InChI=1S/C36H43N9O/c1-5-38-23(4)24-9-11-30-25(15-24)7-8-26-16-27(33(46)39-6-2)10-12-31(26)36(30,34-41-43-44-42-34)21-35(13-14-35)40-20-22(3)45-29(19-37)17-28-18-32(28)45/h9-12,15-16,28-29,32,38,40H,3-8,13-14,17-18,20-21H2,1-2H3,(H,39,46)(H,41,42,43,44)/t28-,29?,32+,36?/m1/s1. The summed E-state index contributed by atoms with van der Waals surface area (Å²) in [6.07, 6.45) is 6.44. The molecule has 2 saturated carbocycles. The van der Waals surface area contributed by atoms with E-state index in [1.54, 1.807) is 0 Å². The molecular formula is C36H43N9O. The molecule has 3 aromatic rings. The summed E-state index contributed by atoms with van der Waals surface area (Å²) in [4.78, 5) is 15.2. The lowest BCUT2D eigenvalue weighted by atomic mass is 9.67. The highest BCUT2D eigenvalue weighted by molar-refractivity contribution is 5.94. The molecule has 0 radical (unpaired) electrons. The number of hydrogen-bond acceptors (Lipinski definition) is 8. The monoisotopic (exact) mass is 617 g/mol. The van der Waals surface area contributed by atoms with Crippen LogP contribution in [0.2, 0.25) is 0 Å². The number of likely N-dealkylation sites (tertiary alicyclic amines) is 1. The number of nitrogens with zero attached hydrogens (tertiary/aromatic N) is 5. The number of H-pyrrole nitrogens is 1. The van der Waals surface area contributed by atoms with E-state index in [0.29, 0.717) is 36.4 Å². The van der Waals surface area contributed by atoms with Crippen molar-refractivity contribution >= 4 is 11.6 Å². The second-order valence-electron chi connectivity index (χ2n) is 13.5. The molecular weight excluding hydrogens is 574 g/mol. The average molecular weight is 618 g/mol. The Morgan fingerprint density at radius 3 is 2.37 bits per heavy atom. The van der Waals surface area contributed by atoms with Gasteiger partial charge in [0.2, 0.25) is 0 Å².